The third kappa shape index (κ3) is 7.86. The van der Waals surface area contributed by atoms with Gasteiger partial charge < -0.3 is 0 Å². The Hall–Kier alpha value is -0.140. The first-order valence-electron chi connectivity index (χ1n) is 1.99. The zero-order chi connectivity index (χ0) is 7.49. The van der Waals surface area contributed by atoms with Gasteiger partial charge in [-0.25, -0.2) is 8.42 Å². The Kier molecular flexibility index (Phi) is 3.09. The molecule has 0 bridgehead atoms. The van der Waals surface area contributed by atoms with Crippen molar-refractivity contribution in [2.75, 3.05) is 11.5 Å². The van der Waals surface area contributed by atoms with Gasteiger partial charge in [0.25, 0.3) is 10.1 Å². The standard InChI is InChI=1S/C2H6O5S2/c3-8(4)1-2-9(5,6)7/h8H,1-2H2,(H,5,6,7). The summed E-state index contributed by atoms with van der Waals surface area (Å²) < 4.78 is 47.0. The van der Waals surface area contributed by atoms with Crippen molar-refractivity contribution in [2.45, 2.75) is 0 Å². The van der Waals surface area contributed by atoms with Crippen LogP contribution in [0.1, 0.15) is 0 Å². The van der Waals surface area contributed by atoms with Crippen molar-refractivity contribution < 1.29 is 21.4 Å². The maximum absolute atomic E-state index is 9.82. The molecule has 0 saturated carbocycles. The van der Waals surface area contributed by atoms with Gasteiger partial charge >= 0.3 is 0 Å². The number of hydrogen-bond donors (Lipinski definition) is 2. The van der Waals surface area contributed by atoms with Crippen LogP contribution in [0.15, 0.2) is 0 Å². The van der Waals surface area contributed by atoms with Crippen LogP contribution < -0.4 is 0 Å². The van der Waals surface area contributed by atoms with Crippen LogP contribution in [0.2, 0.25) is 0 Å². The van der Waals surface area contributed by atoms with Crippen molar-refractivity contribution in [2.24, 2.45) is 0 Å². The Morgan fingerprint density at radius 2 is 1.78 bits per heavy atom. The average Bonchev–Trinajstić information content (AvgIpc) is 1.59. The van der Waals surface area contributed by atoms with E-state index in [2.05, 4.69) is 0 Å². The predicted molar refractivity (Wildman–Crippen MR) is 31.6 cm³/mol. The molecule has 0 aliphatic heterocycles. The Morgan fingerprint density at radius 1 is 1.33 bits per heavy atom. The Labute approximate surface area is 54.4 Å². The molecule has 0 fully saturated rings. The fraction of sp³-hybridized carbons (Fsp3) is 1.00. The highest BCUT2D eigenvalue weighted by molar-refractivity contribution is 7.86. The first-order valence-corrected chi connectivity index (χ1v) is 4.96. The second kappa shape index (κ2) is 3.14. The summed E-state index contributed by atoms with van der Waals surface area (Å²) in [6, 6.07) is 0. The summed E-state index contributed by atoms with van der Waals surface area (Å²) in [6.45, 7) is 0. The van der Waals surface area contributed by atoms with Gasteiger partial charge in [-0.1, -0.05) is 0 Å². The first-order chi connectivity index (χ1) is 3.92. The highest BCUT2D eigenvalue weighted by atomic mass is 32.2. The maximum Gasteiger partial charge on any atom is 0.265 e. The van der Waals surface area contributed by atoms with E-state index in [0.717, 1.165) is 0 Å². The number of rotatable bonds is 3. The number of thiol groups is 1. The molecule has 0 spiro atoms. The van der Waals surface area contributed by atoms with Crippen LogP contribution in [-0.2, 0) is 20.8 Å². The minimum Gasteiger partial charge on any atom is -0.286 e. The third-order valence-electron chi connectivity index (χ3n) is 0.532. The van der Waals surface area contributed by atoms with Gasteiger partial charge in [0.2, 0.25) is 0 Å². The summed E-state index contributed by atoms with van der Waals surface area (Å²) in [6.07, 6.45) is 0. The van der Waals surface area contributed by atoms with Crippen LogP contribution in [0, 0.1) is 0 Å². The fourth-order valence-electron chi connectivity index (χ4n) is 0.190. The van der Waals surface area contributed by atoms with Gasteiger partial charge in [0.1, 0.15) is 10.7 Å². The average molecular weight is 174 g/mol. The molecule has 0 unspecified atom stereocenters. The molecule has 0 rings (SSSR count). The summed E-state index contributed by atoms with van der Waals surface area (Å²) in [7, 11) is -6.81. The topological polar surface area (TPSA) is 88.5 Å². The Balaban J connectivity index is 3.81. The van der Waals surface area contributed by atoms with E-state index in [9.17, 15) is 16.8 Å². The lowest BCUT2D eigenvalue weighted by molar-refractivity contribution is 0.484. The van der Waals surface area contributed by atoms with Crippen molar-refractivity contribution in [3.8, 4) is 0 Å². The van der Waals surface area contributed by atoms with Crippen molar-refractivity contribution in [1.29, 1.82) is 0 Å². The molecule has 0 atom stereocenters. The molecule has 0 aromatic carbocycles. The highest BCUT2D eigenvalue weighted by Gasteiger charge is 2.03. The molecule has 0 heterocycles. The monoisotopic (exact) mass is 174 g/mol. The molecule has 0 radical (unpaired) electrons. The van der Waals surface area contributed by atoms with Crippen molar-refractivity contribution in [3.63, 3.8) is 0 Å². The van der Waals surface area contributed by atoms with E-state index in [4.69, 9.17) is 4.55 Å². The van der Waals surface area contributed by atoms with E-state index in [1.807, 2.05) is 0 Å². The molecule has 0 aliphatic rings. The van der Waals surface area contributed by atoms with Crippen LogP contribution in [-0.4, -0.2) is 32.9 Å². The zero-order valence-corrected chi connectivity index (χ0v) is 6.06. The molecule has 0 amide bonds. The highest BCUT2D eigenvalue weighted by Crippen LogP contribution is 1.79. The normalized spacial score (nSPS) is 12.2. The van der Waals surface area contributed by atoms with Gasteiger partial charge in [0.15, 0.2) is 0 Å². The summed E-state index contributed by atoms with van der Waals surface area (Å²) in [5.41, 5.74) is 0. The molecule has 0 aromatic heterocycles. The minimum absolute atomic E-state index is 0.520. The molecule has 0 saturated heterocycles. The molecule has 56 valence electrons. The van der Waals surface area contributed by atoms with Gasteiger partial charge in [-0.05, 0) is 0 Å². The minimum atomic E-state index is -4.10. The lowest BCUT2D eigenvalue weighted by Gasteiger charge is -1.86. The van der Waals surface area contributed by atoms with Crippen LogP contribution in [0.5, 0.6) is 0 Å². The van der Waals surface area contributed by atoms with Crippen LogP contribution in [0.3, 0.4) is 0 Å². The molecule has 5 nitrogen and oxygen atoms in total. The second-order valence-electron chi connectivity index (χ2n) is 1.34. The molecular weight excluding hydrogens is 168 g/mol. The molecule has 9 heavy (non-hydrogen) atoms. The summed E-state index contributed by atoms with van der Waals surface area (Å²) in [4.78, 5) is 0. The first kappa shape index (κ1) is 8.86. The van der Waals surface area contributed by atoms with Gasteiger partial charge in [0.05, 0.1) is 11.5 Å². The van der Waals surface area contributed by atoms with Crippen LogP contribution in [0.25, 0.3) is 0 Å². The van der Waals surface area contributed by atoms with E-state index in [-0.39, 0.29) is 0 Å². The van der Waals surface area contributed by atoms with E-state index in [1.165, 1.54) is 0 Å². The summed E-state index contributed by atoms with van der Waals surface area (Å²) in [5.74, 6) is -1.24. The largest absolute Gasteiger partial charge is 0.286 e. The lowest BCUT2D eigenvalue weighted by Crippen LogP contribution is -2.08. The third-order valence-corrected chi connectivity index (χ3v) is 2.14. The van der Waals surface area contributed by atoms with Crippen molar-refractivity contribution in [3.05, 3.63) is 0 Å². The molecule has 0 aromatic rings. The predicted octanol–water partition coefficient (Wildman–Crippen LogP) is -1.51. The maximum atomic E-state index is 9.82. The van der Waals surface area contributed by atoms with E-state index in [1.54, 1.807) is 0 Å². The quantitative estimate of drug-likeness (QED) is 0.401. The molecular formula is C2H6O5S2. The van der Waals surface area contributed by atoms with E-state index < -0.39 is 32.3 Å². The fourth-order valence-corrected chi connectivity index (χ4v) is 1.71. The van der Waals surface area contributed by atoms with E-state index in [0.29, 0.717) is 0 Å². The summed E-state index contributed by atoms with van der Waals surface area (Å²) in [5, 5.41) is 0. The summed E-state index contributed by atoms with van der Waals surface area (Å²) >= 11 is 0. The van der Waals surface area contributed by atoms with Gasteiger partial charge in [-0.2, -0.15) is 8.42 Å². The van der Waals surface area contributed by atoms with Crippen molar-refractivity contribution >= 4 is 20.8 Å². The van der Waals surface area contributed by atoms with Crippen LogP contribution >= 0.6 is 0 Å². The smallest absolute Gasteiger partial charge is 0.265 e. The van der Waals surface area contributed by atoms with E-state index >= 15 is 0 Å². The van der Waals surface area contributed by atoms with Gasteiger partial charge in [-0.15, -0.1) is 0 Å². The second-order valence-corrected chi connectivity index (χ2v) is 4.03. The molecule has 0 aliphatic carbocycles. The van der Waals surface area contributed by atoms with Gasteiger partial charge in [0, 0.05) is 0 Å². The van der Waals surface area contributed by atoms with Gasteiger partial charge in [-0.3, -0.25) is 4.55 Å². The Morgan fingerprint density at radius 3 is 1.89 bits per heavy atom. The number of hydrogen-bond acceptors (Lipinski definition) is 4. The molecule has 1 N–H and O–H groups in total. The van der Waals surface area contributed by atoms with Crippen molar-refractivity contribution in [1.82, 2.24) is 0 Å². The van der Waals surface area contributed by atoms with Crippen LogP contribution in [0.4, 0.5) is 0 Å². The lowest BCUT2D eigenvalue weighted by atomic mass is 11.0. The molecule has 7 heteroatoms. The zero-order valence-electron chi connectivity index (χ0n) is 4.35. The Bertz CT molecular complexity index is 226. The SMILES string of the molecule is O=[SH](=O)CCS(=O)(=O)O.